The van der Waals surface area contributed by atoms with Gasteiger partial charge in [-0.1, -0.05) is 53.6 Å². The van der Waals surface area contributed by atoms with Crippen molar-refractivity contribution >= 4 is 35.8 Å². The Kier molecular flexibility index (Phi) is 8.96. The molecule has 29 heavy (non-hydrogen) atoms. The first kappa shape index (κ1) is 23.2. The Morgan fingerprint density at radius 1 is 1.21 bits per heavy atom. The van der Waals surface area contributed by atoms with Crippen molar-refractivity contribution in [1.29, 1.82) is 0 Å². The molecule has 1 unspecified atom stereocenters. The Morgan fingerprint density at radius 2 is 1.97 bits per heavy atom. The molecule has 1 atom stereocenters. The summed E-state index contributed by atoms with van der Waals surface area (Å²) in [6.07, 6.45) is 1.04. The Labute approximate surface area is 183 Å². The van der Waals surface area contributed by atoms with Crippen molar-refractivity contribution in [3.63, 3.8) is 0 Å². The molecule has 1 fully saturated rings. The summed E-state index contributed by atoms with van der Waals surface area (Å²) in [7, 11) is 0. The van der Waals surface area contributed by atoms with Crippen LogP contribution < -0.4 is 10.6 Å². The van der Waals surface area contributed by atoms with Crippen LogP contribution in [-0.4, -0.2) is 42.9 Å². The van der Waals surface area contributed by atoms with Crippen LogP contribution in [0.15, 0.2) is 48.5 Å². The van der Waals surface area contributed by atoms with Crippen LogP contribution in [0.4, 0.5) is 0 Å². The monoisotopic (exact) mass is 435 g/mol. The molecule has 1 aliphatic heterocycles. The van der Waals surface area contributed by atoms with Gasteiger partial charge in [-0.2, -0.15) is 0 Å². The molecular formula is C22H27Cl2N3O2. The zero-order valence-corrected chi connectivity index (χ0v) is 18.1. The van der Waals surface area contributed by atoms with E-state index >= 15 is 0 Å². The number of hydrogen-bond acceptors (Lipinski definition) is 3. The van der Waals surface area contributed by atoms with Gasteiger partial charge in [0.25, 0.3) is 0 Å². The van der Waals surface area contributed by atoms with Gasteiger partial charge in [-0.3, -0.25) is 9.59 Å². The average molecular weight is 436 g/mol. The van der Waals surface area contributed by atoms with Gasteiger partial charge in [0.05, 0.1) is 12.6 Å². The molecule has 0 aromatic heterocycles. The Hall–Kier alpha value is -2.08. The predicted molar refractivity (Wildman–Crippen MR) is 119 cm³/mol. The van der Waals surface area contributed by atoms with Gasteiger partial charge in [-0.05, 0) is 36.6 Å². The standard InChI is InChI=1S/C22H26ClN3O2.ClH/c1-16-5-7-17(8-6-16)9-10-21(27)25-15-22(28)26-12-11-24-14-20(26)18-3-2-4-19(23)13-18;/h2-8,13,20,24H,9-12,14-15H2,1H3,(H,25,27);1H. The van der Waals surface area contributed by atoms with Crippen molar-refractivity contribution in [2.24, 2.45) is 0 Å². The van der Waals surface area contributed by atoms with Crippen LogP contribution in [0.2, 0.25) is 5.02 Å². The minimum atomic E-state index is -0.108. The van der Waals surface area contributed by atoms with Gasteiger partial charge in [0.1, 0.15) is 0 Å². The number of nitrogens with zero attached hydrogens (tertiary/aromatic N) is 1. The third kappa shape index (κ3) is 6.74. The number of carbonyl (C=O) groups excluding carboxylic acids is 2. The Bertz CT molecular complexity index is 827. The molecule has 2 aromatic rings. The van der Waals surface area contributed by atoms with Gasteiger partial charge in [-0.15, -0.1) is 12.4 Å². The number of aryl methyl sites for hydroxylation is 2. The van der Waals surface area contributed by atoms with Gasteiger partial charge in [0.15, 0.2) is 0 Å². The van der Waals surface area contributed by atoms with Crippen LogP contribution in [0.3, 0.4) is 0 Å². The maximum Gasteiger partial charge on any atom is 0.242 e. The highest BCUT2D eigenvalue weighted by atomic mass is 35.5. The maximum absolute atomic E-state index is 12.7. The molecule has 1 heterocycles. The van der Waals surface area contributed by atoms with Crippen molar-refractivity contribution < 1.29 is 9.59 Å². The van der Waals surface area contributed by atoms with E-state index < -0.39 is 0 Å². The molecule has 7 heteroatoms. The van der Waals surface area contributed by atoms with Crippen molar-refractivity contribution in [2.45, 2.75) is 25.8 Å². The Balaban J connectivity index is 0.00000300. The highest BCUT2D eigenvalue weighted by Gasteiger charge is 2.27. The van der Waals surface area contributed by atoms with E-state index in [-0.39, 0.29) is 36.8 Å². The maximum atomic E-state index is 12.7. The van der Waals surface area contributed by atoms with E-state index in [1.165, 1.54) is 5.56 Å². The number of rotatable bonds is 6. The fourth-order valence-corrected chi connectivity index (χ4v) is 3.59. The van der Waals surface area contributed by atoms with E-state index in [4.69, 9.17) is 11.6 Å². The average Bonchev–Trinajstić information content (AvgIpc) is 2.71. The van der Waals surface area contributed by atoms with Gasteiger partial charge in [-0.25, -0.2) is 0 Å². The van der Waals surface area contributed by atoms with Crippen molar-refractivity contribution in [1.82, 2.24) is 15.5 Å². The van der Waals surface area contributed by atoms with E-state index in [1.54, 1.807) is 0 Å². The van der Waals surface area contributed by atoms with E-state index in [1.807, 2.05) is 60.4 Å². The highest BCUT2D eigenvalue weighted by Crippen LogP contribution is 2.24. The summed E-state index contributed by atoms with van der Waals surface area (Å²) in [5, 5.41) is 6.74. The second kappa shape index (κ2) is 11.2. The molecule has 0 spiro atoms. The summed E-state index contributed by atoms with van der Waals surface area (Å²) in [5.41, 5.74) is 3.32. The first-order valence-corrected chi connectivity index (χ1v) is 9.98. The molecule has 2 N–H and O–H groups in total. The van der Waals surface area contributed by atoms with Crippen molar-refractivity contribution in [3.8, 4) is 0 Å². The molecule has 1 aliphatic rings. The zero-order chi connectivity index (χ0) is 19.9. The van der Waals surface area contributed by atoms with E-state index in [0.717, 1.165) is 17.7 Å². The van der Waals surface area contributed by atoms with Gasteiger partial charge < -0.3 is 15.5 Å². The largest absolute Gasteiger partial charge is 0.347 e. The SMILES string of the molecule is Cc1ccc(CCC(=O)NCC(=O)N2CCNCC2c2cccc(Cl)c2)cc1.Cl. The zero-order valence-electron chi connectivity index (χ0n) is 16.5. The molecule has 156 valence electrons. The van der Waals surface area contributed by atoms with E-state index in [2.05, 4.69) is 10.6 Å². The van der Waals surface area contributed by atoms with Crippen LogP contribution in [0, 0.1) is 6.92 Å². The third-order valence-corrected chi connectivity index (χ3v) is 5.23. The van der Waals surface area contributed by atoms with Crippen molar-refractivity contribution in [3.05, 3.63) is 70.2 Å². The first-order chi connectivity index (χ1) is 13.5. The van der Waals surface area contributed by atoms with Crippen LogP contribution in [0.25, 0.3) is 0 Å². The normalized spacial score (nSPS) is 16.1. The lowest BCUT2D eigenvalue weighted by atomic mass is 10.0. The summed E-state index contributed by atoms with van der Waals surface area (Å²) in [6.45, 7) is 4.07. The predicted octanol–water partition coefficient (Wildman–Crippen LogP) is 3.29. The number of hydrogen-bond donors (Lipinski definition) is 2. The van der Waals surface area contributed by atoms with E-state index in [9.17, 15) is 9.59 Å². The molecule has 2 aromatic carbocycles. The third-order valence-electron chi connectivity index (χ3n) is 5.00. The summed E-state index contributed by atoms with van der Waals surface area (Å²) >= 11 is 6.11. The first-order valence-electron chi connectivity index (χ1n) is 9.61. The van der Waals surface area contributed by atoms with Crippen LogP contribution in [0.5, 0.6) is 0 Å². The lowest BCUT2D eigenvalue weighted by Gasteiger charge is -2.36. The Morgan fingerprint density at radius 3 is 2.69 bits per heavy atom. The fourth-order valence-electron chi connectivity index (χ4n) is 3.39. The van der Waals surface area contributed by atoms with Crippen LogP contribution >= 0.6 is 24.0 Å². The molecule has 0 bridgehead atoms. The highest BCUT2D eigenvalue weighted by molar-refractivity contribution is 6.30. The molecular weight excluding hydrogens is 409 g/mol. The minimum Gasteiger partial charge on any atom is -0.347 e. The number of amides is 2. The number of halogens is 2. The molecule has 0 radical (unpaired) electrons. The quantitative estimate of drug-likeness (QED) is 0.731. The van der Waals surface area contributed by atoms with Gasteiger partial charge in [0, 0.05) is 31.1 Å². The number of nitrogens with one attached hydrogen (secondary N) is 2. The number of benzene rings is 2. The fraction of sp³-hybridized carbons (Fsp3) is 0.364. The summed E-state index contributed by atoms with van der Waals surface area (Å²) in [6, 6.07) is 15.6. The number of piperazine rings is 1. The van der Waals surface area contributed by atoms with Crippen LogP contribution in [0.1, 0.15) is 29.2 Å². The summed E-state index contributed by atoms with van der Waals surface area (Å²) < 4.78 is 0. The van der Waals surface area contributed by atoms with E-state index in [0.29, 0.717) is 31.0 Å². The minimum absolute atomic E-state index is 0. The molecule has 0 saturated carbocycles. The molecule has 3 rings (SSSR count). The topological polar surface area (TPSA) is 61.4 Å². The van der Waals surface area contributed by atoms with Crippen LogP contribution in [-0.2, 0) is 16.0 Å². The molecule has 5 nitrogen and oxygen atoms in total. The summed E-state index contributed by atoms with van der Waals surface area (Å²) in [5.74, 6) is -0.182. The molecule has 2 amide bonds. The van der Waals surface area contributed by atoms with Gasteiger partial charge in [0.2, 0.25) is 11.8 Å². The number of carbonyl (C=O) groups is 2. The second-order valence-corrected chi connectivity index (χ2v) is 7.56. The van der Waals surface area contributed by atoms with Gasteiger partial charge >= 0.3 is 0 Å². The van der Waals surface area contributed by atoms with Crippen molar-refractivity contribution in [2.75, 3.05) is 26.2 Å². The molecule has 0 aliphatic carbocycles. The lowest BCUT2D eigenvalue weighted by molar-refractivity contribution is -0.135. The second-order valence-electron chi connectivity index (χ2n) is 7.12. The smallest absolute Gasteiger partial charge is 0.242 e. The summed E-state index contributed by atoms with van der Waals surface area (Å²) in [4.78, 5) is 26.7. The molecule has 1 saturated heterocycles. The lowest BCUT2D eigenvalue weighted by Crippen LogP contribution is -2.51.